The number of halogens is 1. The molecular formula is C13H19FN2O2. The van der Waals surface area contributed by atoms with Gasteiger partial charge >= 0.3 is 0 Å². The molecule has 1 unspecified atom stereocenters. The SMILES string of the molecule is CC(CCCO)NCc1ccc(C(N)=O)cc1F. The van der Waals surface area contributed by atoms with Gasteiger partial charge < -0.3 is 16.2 Å². The fourth-order valence-electron chi connectivity index (χ4n) is 1.63. The first-order valence-corrected chi connectivity index (χ1v) is 5.97. The Morgan fingerprint density at radius 3 is 2.83 bits per heavy atom. The minimum Gasteiger partial charge on any atom is -0.396 e. The molecule has 1 atom stereocenters. The molecule has 5 heteroatoms. The average molecular weight is 254 g/mol. The van der Waals surface area contributed by atoms with E-state index in [0.717, 1.165) is 18.9 Å². The number of benzene rings is 1. The third-order valence-corrected chi connectivity index (χ3v) is 2.77. The summed E-state index contributed by atoms with van der Waals surface area (Å²) < 4.78 is 13.6. The van der Waals surface area contributed by atoms with Crippen LogP contribution in [0.3, 0.4) is 0 Å². The first kappa shape index (κ1) is 14.6. The second kappa shape index (κ2) is 7.08. The minimum atomic E-state index is -0.635. The summed E-state index contributed by atoms with van der Waals surface area (Å²) in [6.45, 7) is 2.52. The second-order valence-electron chi connectivity index (χ2n) is 4.32. The number of hydrogen-bond donors (Lipinski definition) is 3. The van der Waals surface area contributed by atoms with E-state index >= 15 is 0 Å². The molecule has 0 saturated carbocycles. The molecule has 18 heavy (non-hydrogen) atoms. The molecule has 0 saturated heterocycles. The van der Waals surface area contributed by atoms with Crippen LogP contribution in [0.2, 0.25) is 0 Å². The van der Waals surface area contributed by atoms with Crippen molar-refractivity contribution in [2.75, 3.05) is 6.61 Å². The molecule has 0 aliphatic carbocycles. The Bertz CT molecular complexity index is 410. The molecule has 100 valence electrons. The number of carbonyl (C=O) groups excluding carboxylic acids is 1. The lowest BCUT2D eigenvalue weighted by atomic mass is 10.1. The normalized spacial score (nSPS) is 12.4. The molecule has 0 aromatic heterocycles. The van der Waals surface area contributed by atoms with E-state index in [1.54, 1.807) is 6.07 Å². The Hall–Kier alpha value is -1.46. The monoisotopic (exact) mass is 254 g/mol. The number of aliphatic hydroxyl groups is 1. The van der Waals surface area contributed by atoms with Crippen LogP contribution in [-0.2, 0) is 6.54 Å². The molecule has 4 N–H and O–H groups in total. The number of nitrogens with two attached hydrogens (primary N) is 1. The van der Waals surface area contributed by atoms with Gasteiger partial charge in [0.05, 0.1) is 0 Å². The molecule has 1 aromatic carbocycles. The standard InChI is InChI=1S/C13H19FN2O2/c1-9(3-2-6-17)16-8-11-5-4-10(13(15)18)7-12(11)14/h4-5,7,9,16-17H,2-3,6,8H2,1H3,(H2,15,18). The highest BCUT2D eigenvalue weighted by molar-refractivity contribution is 5.92. The maximum absolute atomic E-state index is 13.6. The van der Waals surface area contributed by atoms with E-state index < -0.39 is 11.7 Å². The number of rotatable bonds is 7. The molecule has 4 nitrogen and oxygen atoms in total. The predicted octanol–water partition coefficient (Wildman–Crippen LogP) is 1.18. The lowest BCUT2D eigenvalue weighted by molar-refractivity contribution is 0.1000. The van der Waals surface area contributed by atoms with Crippen molar-refractivity contribution in [2.24, 2.45) is 5.73 Å². The summed E-state index contributed by atoms with van der Waals surface area (Å²) >= 11 is 0. The van der Waals surface area contributed by atoms with Crippen molar-refractivity contribution in [3.63, 3.8) is 0 Å². The maximum Gasteiger partial charge on any atom is 0.248 e. The van der Waals surface area contributed by atoms with Crippen LogP contribution in [0.5, 0.6) is 0 Å². The molecule has 1 aromatic rings. The largest absolute Gasteiger partial charge is 0.396 e. The first-order chi connectivity index (χ1) is 8.54. The molecule has 0 fully saturated rings. The highest BCUT2D eigenvalue weighted by Crippen LogP contribution is 2.10. The fourth-order valence-corrected chi connectivity index (χ4v) is 1.63. The van der Waals surface area contributed by atoms with Crippen LogP contribution in [0.15, 0.2) is 18.2 Å². The highest BCUT2D eigenvalue weighted by Gasteiger charge is 2.08. The van der Waals surface area contributed by atoms with Gasteiger partial charge in [0, 0.05) is 30.3 Å². The van der Waals surface area contributed by atoms with Crippen molar-refractivity contribution in [3.05, 3.63) is 35.1 Å². The van der Waals surface area contributed by atoms with Crippen molar-refractivity contribution >= 4 is 5.91 Å². The van der Waals surface area contributed by atoms with Gasteiger partial charge in [-0.3, -0.25) is 4.79 Å². The fraction of sp³-hybridized carbons (Fsp3) is 0.462. The van der Waals surface area contributed by atoms with Crippen LogP contribution in [0.4, 0.5) is 4.39 Å². The molecular weight excluding hydrogens is 235 g/mol. The van der Waals surface area contributed by atoms with Crippen LogP contribution >= 0.6 is 0 Å². The molecule has 0 heterocycles. The summed E-state index contributed by atoms with van der Waals surface area (Å²) in [6.07, 6.45) is 1.55. The van der Waals surface area contributed by atoms with E-state index in [1.165, 1.54) is 6.07 Å². The molecule has 0 spiro atoms. The van der Waals surface area contributed by atoms with Gasteiger partial charge in [0.2, 0.25) is 5.91 Å². The van der Waals surface area contributed by atoms with Crippen LogP contribution in [-0.4, -0.2) is 23.7 Å². The van der Waals surface area contributed by atoms with Gasteiger partial charge in [-0.2, -0.15) is 0 Å². The third-order valence-electron chi connectivity index (χ3n) is 2.77. The van der Waals surface area contributed by atoms with E-state index in [9.17, 15) is 9.18 Å². The van der Waals surface area contributed by atoms with E-state index in [2.05, 4.69) is 5.32 Å². The summed E-state index contributed by atoms with van der Waals surface area (Å²) in [5, 5.41) is 11.9. The third kappa shape index (κ3) is 4.43. The van der Waals surface area contributed by atoms with Gasteiger partial charge in [-0.1, -0.05) is 6.07 Å². The van der Waals surface area contributed by atoms with Crippen LogP contribution in [0.1, 0.15) is 35.7 Å². The lowest BCUT2D eigenvalue weighted by Gasteiger charge is -2.13. The summed E-state index contributed by atoms with van der Waals surface area (Å²) in [6, 6.07) is 4.42. The smallest absolute Gasteiger partial charge is 0.248 e. The van der Waals surface area contributed by atoms with Gasteiger partial charge in [0.25, 0.3) is 0 Å². The zero-order valence-corrected chi connectivity index (χ0v) is 10.4. The zero-order valence-electron chi connectivity index (χ0n) is 10.4. The van der Waals surface area contributed by atoms with Crippen LogP contribution < -0.4 is 11.1 Å². The van der Waals surface area contributed by atoms with E-state index in [4.69, 9.17) is 10.8 Å². The molecule has 0 aliphatic rings. The maximum atomic E-state index is 13.6. The quantitative estimate of drug-likeness (QED) is 0.684. The average Bonchev–Trinajstić information content (AvgIpc) is 2.34. The summed E-state index contributed by atoms with van der Waals surface area (Å²) in [7, 11) is 0. The van der Waals surface area contributed by atoms with Crippen molar-refractivity contribution < 1.29 is 14.3 Å². The molecule has 0 bridgehead atoms. The number of amides is 1. The number of primary amides is 1. The van der Waals surface area contributed by atoms with E-state index in [0.29, 0.717) is 12.1 Å². The van der Waals surface area contributed by atoms with Crippen molar-refractivity contribution in [2.45, 2.75) is 32.4 Å². The summed E-state index contributed by atoms with van der Waals surface area (Å²) in [5.74, 6) is -1.07. The van der Waals surface area contributed by atoms with Gasteiger partial charge in [0.15, 0.2) is 0 Å². The first-order valence-electron chi connectivity index (χ1n) is 5.97. The molecule has 1 rings (SSSR count). The number of aliphatic hydroxyl groups excluding tert-OH is 1. The Labute approximate surface area is 106 Å². The topological polar surface area (TPSA) is 75.3 Å². The molecule has 1 amide bonds. The number of nitrogens with one attached hydrogen (secondary N) is 1. The van der Waals surface area contributed by atoms with Gasteiger partial charge in [-0.25, -0.2) is 4.39 Å². The van der Waals surface area contributed by atoms with E-state index in [-0.39, 0.29) is 18.2 Å². The van der Waals surface area contributed by atoms with Crippen LogP contribution in [0.25, 0.3) is 0 Å². The van der Waals surface area contributed by atoms with Crippen molar-refractivity contribution in [3.8, 4) is 0 Å². The Morgan fingerprint density at radius 1 is 1.56 bits per heavy atom. The van der Waals surface area contributed by atoms with Crippen molar-refractivity contribution in [1.82, 2.24) is 5.32 Å². The van der Waals surface area contributed by atoms with Crippen molar-refractivity contribution in [1.29, 1.82) is 0 Å². The van der Waals surface area contributed by atoms with Gasteiger partial charge in [-0.05, 0) is 31.9 Å². The van der Waals surface area contributed by atoms with Crippen LogP contribution in [0, 0.1) is 5.82 Å². The Morgan fingerprint density at radius 2 is 2.28 bits per heavy atom. The lowest BCUT2D eigenvalue weighted by Crippen LogP contribution is -2.26. The van der Waals surface area contributed by atoms with Gasteiger partial charge in [0.1, 0.15) is 5.82 Å². The predicted molar refractivity (Wildman–Crippen MR) is 67.5 cm³/mol. The molecule has 0 radical (unpaired) electrons. The summed E-state index contributed by atoms with van der Waals surface area (Å²) in [5.41, 5.74) is 5.73. The minimum absolute atomic E-state index is 0.160. The number of carbonyl (C=O) groups is 1. The zero-order chi connectivity index (χ0) is 13.5. The Balaban J connectivity index is 2.55. The second-order valence-corrected chi connectivity index (χ2v) is 4.32. The summed E-state index contributed by atoms with van der Waals surface area (Å²) in [4.78, 5) is 10.9. The highest BCUT2D eigenvalue weighted by atomic mass is 19.1. The molecule has 0 aliphatic heterocycles. The Kier molecular flexibility index (Phi) is 5.74. The number of hydrogen-bond acceptors (Lipinski definition) is 3. The van der Waals surface area contributed by atoms with E-state index in [1.807, 2.05) is 6.92 Å². The van der Waals surface area contributed by atoms with Gasteiger partial charge in [-0.15, -0.1) is 0 Å².